The van der Waals surface area contributed by atoms with Gasteiger partial charge in [0, 0.05) is 17.3 Å². The molecule has 26 heavy (non-hydrogen) atoms. The van der Waals surface area contributed by atoms with Crippen LogP contribution in [-0.2, 0) is 21.4 Å². The van der Waals surface area contributed by atoms with Gasteiger partial charge in [-0.2, -0.15) is 4.31 Å². The third kappa shape index (κ3) is 5.72. The summed E-state index contributed by atoms with van der Waals surface area (Å²) in [7, 11) is -2.01. The summed E-state index contributed by atoms with van der Waals surface area (Å²) in [6.45, 7) is 1.62. The maximum atomic E-state index is 12.3. The second-order valence-electron chi connectivity index (χ2n) is 5.89. The number of carbonyl (C=O) groups excluding carboxylic acids is 1. The van der Waals surface area contributed by atoms with Gasteiger partial charge in [-0.05, 0) is 48.4 Å². The van der Waals surface area contributed by atoms with Crippen molar-refractivity contribution in [2.75, 3.05) is 25.2 Å². The number of nitrogens with one attached hydrogen (secondary N) is 1. The average Bonchev–Trinajstić information content (AvgIpc) is 2.56. The van der Waals surface area contributed by atoms with Crippen LogP contribution in [0.3, 0.4) is 0 Å². The predicted octanol–water partition coefficient (Wildman–Crippen LogP) is 3.06. The smallest absolute Gasteiger partial charge is 0.239 e. The zero-order chi connectivity index (χ0) is 19.3. The molecule has 0 bridgehead atoms. The average molecular weight is 397 g/mol. The minimum absolute atomic E-state index is 0.0931. The minimum atomic E-state index is -3.56. The number of aryl methyl sites for hydroxylation is 1. The summed E-state index contributed by atoms with van der Waals surface area (Å²) in [5.41, 5.74) is 2.15. The first-order valence-corrected chi connectivity index (χ1v) is 10.1. The molecule has 1 amide bonds. The molecular formula is C18H21ClN2O4S. The van der Waals surface area contributed by atoms with E-state index in [1.807, 2.05) is 6.92 Å². The summed E-state index contributed by atoms with van der Waals surface area (Å²) in [5, 5.41) is 3.29. The molecule has 0 saturated carbocycles. The van der Waals surface area contributed by atoms with Crippen molar-refractivity contribution in [1.29, 1.82) is 0 Å². The van der Waals surface area contributed by atoms with E-state index >= 15 is 0 Å². The molecule has 8 heteroatoms. The van der Waals surface area contributed by atoms with Crippen LogP contribution in [0.2, 0.25) is 5.02 Å². The zero-order valence-corrected chi connectivity index (χ0v) is 16.4. The van der Waals surface area contributed by atoms with E-state index in [0.29, 0.717) is 16.5 Å². The van der Waals surface area contributed by atoms with Crippen molar-refractivity contribution in [3.63, 3.8) is 0 Å². The van der Waals surface area contributed by atoms with E-state index in [-0.39, 0.29) is 13.1 Å². The first-order valence-electron chi connectivity index (χ1n) is 7.83. The molecule has 2 aromatic carbocycles. The highest BCUT2D eigenvalue weighted by molar-refractivity contribution is 7.88. The molecule has 0 aliphatic rings. The number of nitrogens with zero attached hydrogens (tertiary/aromatic N) is 1. The van der Waals surface area contributed by atoms with Crippen molar-refractivity contribution in [2.24, 2.45) is 0 Å². The van der Waals surface area contributed by atoms with Gasteiger partial charge in [-0.3, -0.25) is 4.79 Å². The number of methoxy groups -OCH3 is 1. The van der Waals surface area contributed by atoms with Crippen molar-refractivity contribution in [3.8, 4) is 5.75 Å². The number of hydrogen-bond acceptors (Lipinski definition) is 4. The number of rotatable bonds is 7. The lowest BCUT2D eigenvalue weighted by molar-refractivity contribution is -0.116. The third-order valence-corrected chi connectivity index (χ3v) is 5.20. The Labute approximate surface area is 158 Å². The molecule has 0 aliphatic heterocycles. The maximum Gasteiger partial charge on any atom is 0.239 e. The quantitative estimate of drug-likeness (QED) is 0.780. The molecule has 140 valence electrons. The van der Waals surface area contributed by atoms with E-state index < -0.39 is 15.9 Å². The summed E-state index contributed by atoms with van der Waals surface area (Å²) < 4.78 is 30.3. The Morgan fingerprint density at radius 3 is 2.38 bits per heavy atom. The van der Waals surface area contributed by atoms with E-state index in [1.54, 1.807) is 49.6 Å². The van der Waals surface area contributed by atoms with Gasteiger partial charge in [-0.25, -0.2) is 8.42 Å². The SMILES string of the molecule is COc1ccc(CN(CC(=O)Nc2ccc(Cl)cc2C)S(C)(=O)=O)cc1. The number of benzene rings is 2. The molecule has 1 N–H and O–H groups in total. The van der Waals surface area contributed by atoms with Crippen LogP contribution in [0.1, 0.15) is 11.1 Å². The molecule has 0 fully saturated rings. The second kappa shape index (κ2) is 8.53. The van der Waals surface area contributed by atoms with Crippen LogP contribution in [0.25, 0.3) is 0 Å². The zero-order valence-electron chi connectivity index (χ0n) is 14.8. The molecule has 0 aliphatic carbocycles. The van der Waals surface area contributed by atoms with Crippen molar-refractivity contribution in [1.82, 2.24) is 4.31 Å². The van der Waals surface area contributed by atoms with Gasteiger partial charge in [0.25, 0.3) is 0 Å². The van der Waals surface area contributed by atoms with Crippen LogP contribution in [0.4, 0.5) is 5.69 Å². The molecule has 2 rings (SSSR count). The number of anilines is 1. The summed E-state index contributed by atoms with van der Waals surface area (Å²) in [5.74, 6) is 0.255. The van der Waals surface area contributed by atoms with Gasteiger partial charge in [0.15, 0.2) is 0 Å². The molecule has 0 spiro atoms. The van der Waals surface area contributed by atoms with Gasteiger partial charge < -0.3 is 10.1 Å². The molecule has 0 radical (unpaired) electrons. The number of sulfonamides is 1. The molecule has 6 nitrogen and oxygen atoms in total. The van der Waals surface area contributed by atoms with Gasteiger partial charge in [0.1, 0.15) is 5.75 Å². The number of amides is 1. The van der Waals surface area contributed by atoms with E-state index in [0.717, 1.165) is 21.7 Å². The van der Waals surface area contributed by atoms with Crippen LogP contribution in [0.15, 0.2) is 42.5 Å². The highest BCUT2D eigenvalue weighted by atomic mass is 35.5. The van der Waals surface area contributed by atoms with Crippen LogP contribution < -0.4 is 10.1 Å². The fourth-order valence-corrected chi connectivity index (χ4v) is 3.30. The van der Waals surface area contributed by atoms with Crippen LogP contribution in [0, 0.1) is 6.92 Å². The Hall–Kier alpha value is -2.09. The highest BCUT2D eigenvalue weighted by Gasteiger charge is 2.21. The van der Waals surface area contributed by atoms with Crippen LogP contribution >= 0.6 is 11.6 Å². The van der Waals surface area contributed by atoms with Gasteiger partial charge in [0.05, 0.1) is 19.9 Å². The largest absolute Gasteiger partial charge is 0.497 e. The van der Waals surface area contributed by atoms with E-state index in [9.17, 15) is 13.2 Å². The van der Waals surface area contributed by atoms with Gasteiger partial charge in [0.2, 0.25) is 15.9 Å². The Morgan fingerprint density at radius 1 is 1.19 bits per heavy atom. The Balaban J connectivity index is 2.10. The van der Waals surface area contributed by atoms with Gasteiger partial charge >= 0.3 is 0 Å². The van der Waals surface area contributed by atoms with Crippen molar-refractivity contribution in [3.05, 3.63) is 58.6 Å². The third-order valence-electron chi connectivity index (χ3n) is 3.77. The molecular weight excluding hydrogens is 376 g/mol. The first kappa shape index (κ1) is 20.2. The van der Waals surface area contributed by atoms with Crippen LogP contribution in [0.5, 0.6) is 5.75 Å². The topological polar surface area (TPSA) is 75.7 Å². The number of ether oxygens (including phenoxy) is 1. The van der Waals surface area contributed by atoms with Gasteiger partial charge in [-0.15, -0.1) is 0 Å². The van der Waals surface area contributed by atoms with Gasteiger partial charge in [-0.1, -0.05) is 23.7 Å². The number of hydrogen-bond donors (Lipinski definition) is 1. The number of halogens is 1. The summed E-state index contributed by atoms with van der Waals surface area (Å²) >= 11 is 5.90. The highest BCUT2D eigenvalue weighted by Crippen LogP contribution is 2.20. The lowest BCUT2D eigenvalue weighted by Crippen LogP contribution is -2.37. The lowest BCUT2D eigenvalue weighted by Gasteiger charge is -2.20. The first-order chi connectivity index (χ1) is 12.2. The number of carbonyl (C=O) groups is 1. The predicted molar refractivity (Wildman–Crippen MR) is 103 cm³/mol. The van der Waals surface area contributed by atoms with Crippen LogP contribution in [-0.4, -0.2) is 38.5 Å². The van der Waals surface area contributed by atoms with E-state index in [2.05, 4.69) is 5.32 Å². The van der Waals surface area contributed by atoms with E-state index in [4.69, 9.17) is 16.3 Å². The normalized spacial score (nSPS) is 11.4. The fraction of sp³-hybridized carbons (Fsp3) is 0.278. The van der Waals surface area contributed by atoms with Crippen molar-refractivity contribution < 1.29 is 17.9 Å². The van der Waals surface area contributed by atoms with E-state index in [1.165, 1.54) is 0 Å². The molecule has 2 aromatic rings. The monoisotopic (exact) mass is 396 g/mol. The molecule has 0 heterocycles. The lowest BCUT2D eigenvalue weighted by atomic mass is 10.2. The Morgan fingerprint density at radius 2 is 1.85 bits per heavy atom. The Kier molecular flexibility index (Phi) is 6.63. The molecule has 0 saturated heterocycles. The summed E-state index contributed by atoms with van der Waals surface area (Å²) in [6, 6.07) is 12.1. The molecule has 0 aromatic heterocycles. The second-order valence-corrected chi connectivity index (χ2v) is 8.31. The molecule has 0 atom stereocenters. The van der Waals surface area contributed by atoms with Crippen molar-refractivity contribution in [2.45, 2.75) is 13.5 Å². The minimum Gasteiger partial charge on any atom is -0.497 e. The van der Waals surface area contributed by atoms with Crippen molar-refractivity contribution >= 4 is 33.2 Å². The fourth-order valence-electron chi connectivity index (χ4n) is 2.34. The summed E-state index contributed by atoms with van der Waals surface area (Å²) in [6.07, 6.45) is 1.08. The molecule has 0 unspecified atom stereocenters. The Bertz CT molecular complexity index is 883. The maximum absolute atomic E-state index is 12.3. The standard InChI is InChI=1S/C18H21ClN2O4S/c1-13-10-15(19)6-9-17(13)20-18(22)12-21(26(3,23)24)11-14-4-7-16(25-2)8-5-14/h4-10H,11-12H2,1-3H3,(H,20,22). The summed E-state index contributed by atoms with van der Waals surface area (Å²) in [4.78, 5) is 12.3.